The molecule has 1 N–H and O–H groups in total. The van der Waals surface area contributed by atoms with E-state index in [4.69, 9.17) is 5.11 Å². The number of aromatic nitrogens is 3. The molecule has 1 aliphatic carbocycles. The maximum Gasteiger partial charge on any atom is 0.196 e. The highest BCUT2D eigenvalue weighted by atomic mass is 32.2. The van der Waals surface area contributed by atoms with E-state index < -0.39 is 29.4 Å². The molecular weight excluding hydrogens is 427 g/mol. The Bertz CT molecular complexity index is 1120. The van der Waals surface area contributed by atoms with Gasteiger partial charge in [-0.1, -0.05) is 25.0 Å². The predicted octanol–water partition coefficient (Wildman–Crippen LogP) is 4.42. The number of nitrogens with zero attached hydrogens (tertiary/aromatic N) is 3. The summed E-state index contributed by atoms with van der Waals surface area (Å²) in [6, 6.07) is 8.21. The maximum atomic E-state index is 14.5. The smallest absolute Gasteiger partial charge is 0.196 e. The van der Waals surface area contributed by atoms with Gasteiger partial charge in [0.25, 0.3) is 0 Å². The van der Waals surface area contributed by atoms with Crippen LogP contribution in [0.25, 0.3) is 0 Å². The first kappa shape index (κ1) is 21.6. The summed E-state index contributed by atoms with van der Waals surface area (Å²) in [6.07, 6.45) is 3.45. The summed E-state index contributed by atoms with van der Waals surface area (Å²) in [5.41, 5.74) is 0.0507. The lowest BCUT2D eigenvalue weighted by atomic mass is 9.78. The van der Waals surface area contributed by atoms with E-state index in [0.29, 0.717) is 5.82 Å². The van der Waals surface area contributed by atoms with Crippen LogP contribution in [0.5, 0.6) is 0 Å². The lowest BCUT2D eigenvalue weighted by Gasteiger charge is -2.28. The predicted molar refractivity (Wildman–Crippen MR) is 109 cm³/mol. The highest BCUT2D eigenvalue weighted by molar-refractivity contribution is 7.99. The molecule has 3 aromatic rings. The monoisotopic (exact) mass is 447 g/mol. The third kappa shape index (κ3) is 3.87. The van der Waals surface area contributed by atoms with E-state index in [2.05, 4.69) is 10.2 Å². The van der Waals surface area contributed by atoms with Crippen molar-refractivity contribution in [3.8, 4) is 0 Å². The summed E-state index contributed by atoms with van der Waals surface area (Å²) in [6.45, 7) is -0.833. The molecule has 0 atom stereocenters. The summed E-state index contributed by atoms with van der Waals surface area (Å²) in [5.74, 6) is -2.33. The fourth-order valence-corrected chi connectivity index (χ4v) is 5.03. The van der Waals surface area contributed by atoms with Crippen LogP contribution in [0.2, 0.25) is 0 Å². The van der Waals surface area contributed by atoms with E-state index in [0.717, 1.165) is 55.1 Å². The maximum absolute atomic E-state index is 14.5. The molecule has 31 heavy (non-hydrogen) atoms. The Labute approximate surface area is 181 Å². The topological polar surface area (TPSA) is 68.0 Å². The van der Waals surface area contributed by atoms with Crippen molar-refractivity contribution >= 4 is 17.5 Å². The number of aliphatic hydroxyl groups is 1. The highest BCUT2D eigenvalue weighted by Gasteiger charge is 2.42. The van der Waals surface area contributed by atoms with Crippen molar-refractivity contribution in [1.82, 2.24) is 14.8 Å². The number of hydrogen-bond acceptors (Lipinski definition) is 5. The van der Waals surface area contributed by atoms with E-state index in [1.165, 1.54) is 12.1 Å². The second kappa shape index (κ2) is 8.47. The van der Waals surface area contributed by atoms with Crippen molar-refractivity contribution in [2.45, 2.75) is 41.2 Å². The standard InChI is InChI=1S/C22H20F3N3O2S/c1-28-20(22(7-2-3-8-22)14-5-4-6-15(23)11-14)26-27-21(28)31-19-16(24)9-13(10-17(19)25)18(30)12-29/h4-6,9-11,29H,2-3,7-8,12H2,1H3. The molecule has 1 aliphatic rings. The Hall–Kier alpha value is -2.65. The summed E-state index contributed by atoms with van der Waals surface area (Å²) in [7, 11) is 1.72. The average molecular weight is 447 g/mol. The van der Waals surface area contributed by atoms with Crippen molar-refractivity contribution in [2.24, 2.45) is 7.05 Å². The quantitative estimate of drug-likeness (QED) is 0.567. The van der Waals surface area contributed by atoms with Gasteiger partial charge in [0.05, 0.1) is 10.3 Å². The van der Waals surface area contributed by atoms with E-state index in [1.807, 2.05) is 6.07 Å². The normalized spacial score (nSPS) is 15.4. The van der Waals surface area contributed by atoms with Crippen molar-refractivity contribution in [3.63, 3.8) is 0 Å². The van der Waals surface area contributed by atoms with Crippen LogP contribution in [0.3, 0.4) is 0 Å². The molecule has 0 radical (unpaired) electrons. The first-order chi connectivity index (χ1) is 14.9. The minimum absolute atomic E-state index is 0.239. The minimum Gasteiger partial charge on any atom is -0.388 e. The van der Waals surface area contributed by atoms with Crippen LogP contribution in [-0.4, -0.2) is 32.3 Å². The van der Waals surface area contributed by atoms with E-state index >= 15 is 0 Å². The van der Waals surface area contributed by atoms with Crippen LogP contribution >= 0.6 is 11.8 Å². The summed E-state index contributed by atoms with van der Waals surface area (Å²) in [5, 5.41) is 17.7. The third-order valence-electron chi connectivity index (χ3n) is 5.75. The Morgan fingerprint density at radius 3 is 2.42 bits per heavy atom. The van der Waals surface area contributed by atoms with Crippen molar-refractivity contribution in [3.05, 3.63) is 70.8 Å². The zero-order valence-corrected chi connectivity index (χ0v) is 17.6. The molecule has 2 aromatic carbocycles. The van der Waals surface area contributed by atoms with Gasteiger partial charge in [-0.05, 0) is 54.4 Å². The molecule has 1 saturated carbocycles. The van der Waals surface area contributed by atoms with Gasteiger partial charge in [0.15, 0.2) is 10.9 Å². The summed E-state index contributed by atoms with van der Waals surface area (Å²) >= 11 is 0.764. The second-order valence-electron chi connectivity index (χ2n) is 7.62. The minimum atomic E-state index is -0.924. The fraction of sp³-hybridized carbons (Fsp3) is 0.318. The number of benzene rings is 2. The third-order valence-corrected chi connectivity index (χ3v) is 6.89. The molecule has 0 saturated heterocycles. The molecule has 1 heterocycles. The number of halogens is 3. The lowest BCUT2D eigenvalue weighted by molar-refractivity contribution is 0.0902. The largest absolute Gasteiger partial charge is 0.388 e. The van der Waals surface area contributed by atoms with Crippen LogP contribution in [0, 0.1) is 17.5 Å². The molecule has 9 heteroatoms. The van der Waals surface area contributed by atoms with Gasteiger partial charge in [0, 0.05) is 12.6 Å². The molecule has 0 spiro atoms. The number of hydrogen-bond donors (Lipinski definition) is 1. The molecule has 0 amide bonds. The van der Waals surface area contributed by atoms with Gasteiger partial charge in [-0.15, -0.1) is 10.2 Å². The molecule has 0 unspecified atom stereocenters. The Kier molecular flexibility index (Phi) is 5.90. The van der Waals surface area contributed by atoms with Crippen molar-refractivity contribution < 1.29 is 23.1 Å². The highest BCUT2D eigenvalue weighted by Crippen LogP contribution is 2.46. The van der Waals surface area contributed by atoms with Crippen LogP contribution in [0.15, 0.2) is 46.5 Å². The molecular formula is C22H20F3N3O2S. The van der Waals surface area contributed by atoms with Gasteiger partial charge < -0.3 is 9.67 Å². The van der Waals surface area contributed by atoms with Crippen molar-refractivity contribution in [2.75, 3.05) is 6.61 Å². The Balaban J connectivity index is 1.71. The van der Waals surface area contributed by atoms with Gasteiger partial charge in [-0.3, -0.25) is 4.79 Å². The lowest BCUT2D eigenvalue weighted by Crippen LogP contribution is -2.28. The van der Waals surface area contributed by atoms with Crippen LogP contribution in [0.1, 0.15) is 47.4 Å². The number of Topliss-reactive ketones (excluding diaryl/α,β-unsaturated/α-hetero) is 1. The first-order valence-corrected chi connectivity index (χ1v) is 10.6. The molecule has 5 nitrogen and oxygen atoms in total. The first-order valence-electron chi connectivity index (χ1n) is 9.82. The van der Waals surface area contributed by atoms with Crippen LogP contribution in [-0.2, 0) is 12.5 Å². The summed E-state index contributed by atoms with van der Waals surface area (Å²) < 4.78 is 44.7. The van der Waals surface area contributed by atoms with Gasteiger partial charge >= 0.3 is 0 Å². The molecule has 0 aliphatic heterocycles. The molecule has 4 rings (SSSR count). The second-order valence-corrected chi connectivity index (χ2v) is 8.59. The van der Waals surface area contributed by atoms with E-state index in [-0.39, 0.29) is 21.4 Å². The van der Waals surface area contributed by atoms with Crippen LogP contribution in [0.4, 0.5) is 13.2 Å². The molecule has 1 aromatic heterocycles. The summed E-state index contributed by atoms with van der Waals surface area (Å²) in [4.78, 5) is 11.2. The number of ketones is 1. The fourth-order valence-electron chi connectivity index (χ4n) is 4.23. The van der Waals surface area contributed by atoms with Gasteiger partial charge in [-0.25, -0.2) is 13.2 Å². The molecule has 0 bridgehead atoms. The SMILES string of the molecule is Cn1c(Sc2c(F)cc(C(=O)CO)cc2F)nnc1C1(c2cccc(F)c2)CCCC1. The number of carbonyl (C=O) groups excluding carboxylic acids is 1. The van der Waals surface area contributed by atoms with E-state index in [9.17, 15) is 18.0 Å². The van der Waals surface area contributed by atoms with Gasteiger partial charge in [-0.2, -0.15) is 0 Å². The number of carbonyl (C=O) groups is 1. The van der Waals surface area contributed by atoms with Gasteiger partial charge in [0.1, 0.15) is 29.9 Å². The van der Waals surface area contributed by atoms with Gasteiger partial charge in [0.2, 0.25) is 0 Å². The zero-order chi connectivity index (χ0) is 22.2. The molecule has 1 fully saturated rings. The Morgan fingerprint density at radius 1 is 1.13 bits per heavy atom. The average Bonchev–Trinajstić information content (AvgIpc) is 3.38. The van der Waals surface area contributed by atoms with E-state index in [1.54, 1.807) is 17.7 Å². The zero-order valence-electron chi connectivity index (χ0n) is 16.7. The van der Waals surface area contributed by atoms with Crippen LogP contribution < -0.4 is 0 Å². The molecule has 162 valence electrons. The Morgan fingerprint density at radius 2 is 1.81 bits per heavy atom. The number of rotatable bonds is 6. The number of aliphatic hydroxyl groups excluding tert-OH is 1. The van der Waals surface area contributed by atoms with Crippen molar-refractivity contribution in [1.29, 1.82) is 0 Å².